The van der Waals surface area contributed by atoms with Crippen LogP contribution >= 0.6 is 0 Å². The largest absolute Gasteiger partial charge is 0.479 e. The Labute approximate surface area is 50.2 Å². The molecular weight excluding hydrogens is 134 g/mol. The molecule has 1 N–H and O–H groups in total. The highest BCUT2D eigenvalue weighted by Crippen LogP contribution is 2.03. The Morgan fingerprint density at radius 2 is 2.11 bits per heavy atom. The summed E-state index contributed by atoms with van der Waals surface area (Å²) in [4.78, 5) is 9.77. The van der Waals surface area contributed by atoms with Crippen molar-refractivity contribution in [2.45, 2.75) is 12.5 Å². The van der Waals surface area contributed by atoms with Gasteiger partial charge in [-0.1, -0.05) is 0 Å². The van der Waals surface area contributed by atoms with E-state index in [1.165, 1.54) is 0 Å². The fourth-order valence-electron chi connectivity index (χ4n) is 0.311. The molecule has 3 nitrogen and oxygen atoms in total. The van der Waals surface area contributed by atoms with Crippen LogP contribution in [0.2, 0.25) is 0 Å². The number of carboxylic acids is 1. The molecule has 1 unspecified atom stereocenters. The summed E-state index contributed by atoms with van der Waals surface area (Å²) in [7, 11) is 0.922. The Kier molecular flexibility index (Phi) is 3.08. The number of ether oxygens (including phenoxy) is 1. The van der Waals surface area contributed by atoms with Gasteiger partial charge in [-0.05, 0) is 0 Å². The molecule has 9 heavy (non-hydrogen) atoms. The summed E-state index contributed by atoms with van der Waals surface area (Å²) in [5.41, 5.74) is 0. The standard InChI is InChI=1S/C4H6F2O3/c1-9-2(3(5)6)4(7)8/h2-3H,1H3,(H,7,8). The van der Waals surface area contributed by atoms with E-state index in [0.29, 0.717) is 0 Å². The van der Waals surface area contributed by atoms with Gasteiger partial charge in [0.05, 0.1) is 0 Å². The van der Waals surface area contributed by atoms with Crippen molar-refractivity contribution in [3.8, 4) is 0 Å². The van der Waals surface area contributed by atoms with Gasteiger partial charge in [0.1, 0.15) is 0 Å². The van der Waals surface area contributed by atoms with E-state index in [2.05, 4.69) is 4.74 Å². The Balaban J connectivity index is 3.83. The van der Waals surface area contributed by atoms with Gasteiger partial charge in [0.15, 0.2) is 0 Å². The Hall–Kier alpha value is -0.710. The lowest BCUT2D eigenvalue weighted by Crippen LogP contribution is -2.29. The molecule has 0 aromatic carbocycles. The zero-order valence-electron chi connectivity index (χ0n) is 4.67. The number of carbonyl (C=O) groups is 1. The minimum absolute atomic E-state index is 0.922. The molecule has 0 spiro atoms. The fourth-order valence-corrected chi connectivity index (χ4v) is 0.311. The summed E-state index contributed by atoms with van der Waals surface area (Å²) >= 11 is 0. The number of methoxy groups -OCH3 is 1. The van der Waals surface area contributed by atoms with Gasteiger partial charge in [-0.2, -0.15) is 0 Å². The lowest BCUT2D eigenvalue weighted by molar-refractivity contribution is -0.157. The smallest absolute Gasteiger partial charge is 0.338 e. The molecule has 0 aromatic rings. The Bertz CT molecular complexity index is 104. The molecule has 0 rings (SSSR count). The van der Waals surface area contributed by atoms with E-state index in [0.717, 1.165) is 7.11 Å². The van der Waals surface area contributed by atoms with Gasteiger partial charge in [-0.15, -0.1) is 0 Å². The van der Waals surface area contributed by atoms with Crippen molar-refractivity contribution in [1.29, 1.82) is 0 Å². The minimum atomic E-state index is -2.97. The first-order valence-electron chi connectivity index (χ1n) is 2.13. The van der Waals surface area contributed by atoms with Gasteiger partial charge < -0.3 is 9.84 Å². The molecule has 1 atom stereocenters. The van der Waals surface area contributed by atoms with Gasteiger partial charge >= 0.3 is 5.97 Å². The number of carboxylic acid groups (broad SMARTS) is 1. The topological polar surface area (TPSA) is 46.5 Å². The van der Waals surface area contributed by atoms with Crippen LogP contribution in [0.5, 0.6) is 0 Å². The number of alkyl halides is 2. The van der Waals surface area contributed by atoms with Crippen LogP contribution in [0.25, 0.3) is 0 Å². The first kappa shape index (κ1) is 8.29. The highest BCUT2D eigenvalue weighted by atomic mass is 19.3. The van der Waals surface area contributed by atoms with Gasteiger partial charge in [0.25, 0.3) is 6.43 Å². The summed E-state index contributed by atoms with van der Waals surface area (Å²) in [5, 5.41) is 7.94. The summed E-state index contributed by atoms with van der Waals surface area (Å²) in [6, 6.07) is 0. The van der Waals surface area contributed by atoms with Crippen molar-refractivity contribution in [3.63, 3.8) is 0 Å². The molecule has 0 aliphatic rings. The molecule has 0 aliphatic heterocycles. The fraction of sp³-hybridized carbons (Fsp3) is 0.750. The maximum absolute atomic E-state index is 11.4. The molecule has 54 valence electrons. The SMILES string of the molecule is COC(C(=O)O)C(F)F. The summed E-state index contributed by atoms with van der Waals surface area (Å²) in [6.45, 7) is 0. The van der Waals surface area contributed by atoms with E-state index in [9.17, 15) is 13.6 Å². The number of hydrogen-bond donors (Lipinski definition) is 1. The zero-order chi connectivity index (χ0) is 7.44. The van der Waals surface area contributed by atoms with Gasteiger partial charge in [0.2, 0.25) is 6.10 Å². The Morgan fingerprint density at radius 3 is 2.11 bits per heavy atom. The van der Waals surface area contributed by atoms with Crippen LogP contribution in [0, 0.1) is 0 Å². The molecule has 0 saturated carbocycles. The highest BCUT2D eigenvalue weighted by Gasteiger charge is 2.26. The third-order valence-corrected chi connectivity index (χ3v) is 0.726. The lowest BCUT2D eigenvalue weighted by Gasteiger charge is -2.06. The Morgan fingerprint density at radius 1 is 1.67 bits per heavy atom. The maximum Gasteiger partial charge on any atom is 0.338 e. The van der Waals surface area contributed by atoms with E-state index in [1.54, 1.807) is 0 Å². The predicted octanol–water partition coefficient (Wildman–Crippen LogP) is 0.351. The lowest BCUT2D eigenvalue weighted by atomic mass is 10.4. The molecule has 0 aliphatic carbocycles. The van der Waals surface area contributed by atoms with Crippen molar-refractivity contribution < 1.29 is 23.4 Å². The molecule has 0 fully saturated rings. The molecule has 0 amide bonds. The van der Waals surface area contributed by atoms with Crippen molar-refractivity contribution >= 4 is 5.97 Å². The van der Waals surface area contributed by atoms with Crippen molar-refractivity contribution in [2.75, 3.05) is 7.11 Å². The van der Waals surface area contributed by atoms with E-state index < -0.39 is 18.5 Å². The second-order valence-corrected chi connectivity index (χ2v) is 1.33. The number of rotatable bonds is 3. The third kappa shape index (κ3) is 2.36. The van der Waals surface area contributed by atoms with Crippen LogP contribution < -0.4 is 0 Å². The molecule has 0 aromatic heterocycles. The van der Waals surface area contributed by atoms with Crippen LogP contribution in [0.15, 0.2) is 0 Å². The predicted molar refractivity (Wildman–Crippen MR) is 24.4 cm³/mol. The van der Waals surface area contributed by atoms with E-state index in [4.69, 9.17) is 5.11 Å². The number of hydrogen-bond acceptors (Lipinski definition) is 2. The van der Waals surface area contributed by atoms with Crippen LogP contribution in [0.3, 0.4) is 0 Å². The quantitative estimate of drug-likeness (QED) is 0.615. The second-order valence-electron chi connectivity index (χ2n) is 1.33. The van der Waals surface area contributed by atoms with Crippen LogP contribution in [-0.2, 0) is 9.53 Å². The first-order valence-corrected chi connectivity index (χ1v) is 2.13. The average Bonchev–Trinajstić information content (AvgIpc) is 1.64. The monoisotopic (exact) mass is 140 g/mol. The van der Waals surface area contributed by atoms with Crippen molar-refractivity contribution in [2.24, 2.45) is 0 Å². The van der Waals surface area contributed by atoms with Crippen molar-refractivity contribution in [3.05, 3.63) is 0 Å². The van der Waals surface area contributed by atoms with Crippen molar-refractivity contribution in [1.82, 2.24) is 0 Å². The van der Waals surface area contributed by atoms with Crippen LogP contribution in [0.4, 0.5) is 8.78 Å². The molecule has 0 radical (unpaired) electrons. The normalized spacial score (nSPS) is 13.8. The molecule has 0 bridgehead atoms. The summed E-state index contributed by atoms with van der Waals surface area (Å²) in [5.74, 6) is -1.65. The third-order valence-electron chi connectivity index (χ3n) is 0.726. The average molecular weight is 140 g/mol. The maximum atomic E-state index is 11.4. The summed E-state index contributed by atoms with van der Waals surface area (Å²) in [6.07, 6.45) is -4.96. The molecular formula is C4H6F2O3. The second kappa shape index (κ2) is 3.34. The molecule has 0 heterocycles. The van der Waals surface area contributed by atoms with E-state index in [-0.39, 0.29) is 0 Å². The van der Waals surface area contributed by atoms with Gasteiger partial charge in [-0.3, -0.25) is 0 Å². The van der Waals surface area contributed by atoms with Gasteiger partial charge in [0, 0.05) is 7.11 Å². The summed E-state index contributed by atoms with van der Waals surface area (Å²) < 4.78 is 26.8. The molecule has 0 saturated heterocycles. The van der Waals surface area contributed by atoms with E-state index in [1.807, 2.05) is 0 Å². The van der Waals surface area contributed by atoms with E-state index >= 15 is 0 Å². The number of aliphatic carboxylic acids is 1. The van der Waals surface area contributed by atoms with Crippen LogP contribution in [0.1, 0.15) is 0 Å². The number of halogens is 2. The van der Waals surface area contributed by atoms with Crippen LogP contribution in [-0.4, -0.2) is 30.7 Å². The zero-order valence-corrected chi connectivity index (χ0v) is 4.67. The first-order chi connectivity index (χ1) is 4.09. The highest BCUT2D eigenvalue weighted by molar-refractivity contribution is 5.72. The minimum Gasteiger partial charge on any atom is -0.479 e. The molecule has 5 heteroatoms. The van der Waals surface area contributed by atoms with Gasteiger partial charge in [-0.25, -0.2) is 13.6 Å².